The molecule has 4 nitrogen and oxygen atoms in total. The number of carboxylic acids is 1. The first-order chi connectivity index (χ1) is 8.58. The van der Waals surface area contributed by atoms with Crippen LogP contribution in [0.4, 0.5) is 15.9 Å². The number of anilines is 2. The molecule has 92 valence electrons. The molecule has 2 aromatic rings. The van der Waals surface area contributed by atoms with Gasteiger partial charge in [-0.05, 0) is 31.2 Å². The first-order valence-corrected chi connectivity index (χ1v) is 5.30. The van der Waals surface area contributed by atoms with Crippen LogP contribution < -0.4 is 5.32 Å². The lowest BCUT2D eigenvalue weighted by Crippen LogP contribution is -2.04. The highest BCUT2D eigenvalue weighted by molar-refractivity contribution is 5.89. The van der Waals surface area contributed by atoms with Gasteiger partial charge in [0.05, 0.1) is 16.9 Å². The summed E-state index contributed by atoms with van der Waals surface area (Å²) in [6, 6.07) is 9.14. The van der Waals surface area contributed by atoms with Crippen LogP contribution in [0.25, 0.3) is 0 Å². The Kier molecular flexibility index (Phi) is 3.23. The van der Waals surface area contributed by atoms with E-state index in [1.54, 1.807) is 25.1 Å². The molecule has 0 atom stereocenters. The average molecular weight is 246 g/mol. The van der Waals surface area contributed by atoms with Gasteiger partial charge < -0.3 is 10.4 Å². The number of aryl methyl sites for hydroxylation is 1. The molecule has 0 saturated heterocycles. The fraction of sp³-hybridized carbons (Fsp3) is 0.0769. The predicted molar refractivity (Wildman–Crippen MR) is 65.6 cm³/mol. The van der Waals surface area contributed by atoms with E-state index < -0.39 is 5.97 Å². The van der Waals surface area contributed by atoms with Crippen LogP contribution in [0, 0.1) is 12.7 Å². The molecule has 0 fully saturated rings. The highest BCUT2D eigenvalue weighted by Crippen LogP contribution is 2.19. The Bertz CT molecular complexity index is 599. The number of carbonyl (C=O) groups is 1. The highest BCUT2D eigenvalue weighted by atomic mass is 19.1. The molecular formula is C13H11FN2O2. The Morgan fingerprint density at radius 3 is 2.61 bits per heavy atom. The molecule has 0 aliphatic heterocycles. The summed E-state index contributed by atoms with van der Waals surface area (Å²) >= 11 is 0. The third-order valence-electron chi connectivity index (χ3n) is 2.45. The summed E-state index contributed by atoms with van der Waals surface area (Å²) in [6.45, 7) is 1.59. The maximum Gasteiger partial charge on any atom is 0.337 e. The maximum absolute atomic E-state index is 13.4. The molecule has 2 N–H and O–H groups in total. The van der Waals surface area contributed by atoms with Crippen molar-refractivity contribution in [1.29, 1.82) is 0 Å². The summed E-state index contributed by atoms with van der Waals surface area (Å²) in [7, 11) is 0. The third kappa shape index (κ3) is 2.45. The van der Waals surface area contributed by atoms with Gasteiger partial charge in [-0.3, -0.25) is 0 Å². The molecule has 2 rings (SSSR count). The van der Waals surface area contributed by atoms with Crippen LogP contribution in [0.2, 0.25) is 0 Å². The molecule has 0 bridgehead atoms. The van der Waals surface area contributed by atoms with Crippen molar-refractivity contribution in [2.45, 2.75) is 6.92 Å². The van der Waals surface area contributed by atoms with E-state index in [2.05, 4.69) is 10.3 Å². The fourth-order valence-corrected chi connectivity index (χ4v) is 1.56. The van der Waals surface area contributed by atoms with Gasteiger partial charge in [0.25, 0.3) is 0 Å². The van der Waals surface area contributed by atoms with Gasteiger partial charge in [-0.15, -0.1) is 0 Å². The van der Waals surface area contributed by atoms with Crippen molar-refractivity contribution < 1.29 is 14.3 Å². The number of aromatic carboxylic acids is 1. The van der Waals surface area contributed by atoms with E-state index in [1.165, 1.54) is 18.2 Å². The van der Waals surface area contributed by atoms with E-state index in [9.17, 15) is 9.18 Å². The second-order valence-corrected chi connectivity index (χ2v) is 3.74. The number of para-hydroxylation sites is 1. The molecule has 1 heterocycles. The molecule has 5 heteroatoms. The quantitative estimate of drug-likeness (QED) is 0.874. The summed E-state index contributed by atoms with van der Waals surface area (Å²) in [6.07, 6.45) is 0. The molecule has 0 unspecified atom stereocenters. The number of benzene rings is 1. The van der Waals surface area contributed by atoms with Crippen molar-refractivity contribution in [3.8, 4) is 0 Å². The number of aromatic nitrogens is 1. The van der Waals surface area contributed by atoms with Crippen molar-refractivity contribution in [1.82, 2.24) is 4.98 Å². The molecule has 1 aromatic heterocycles. The van der Waals surface area contributed by atoms with Gasteiger partial charge in [0, 0.05) is 0 Å². The van der Waals surface area contributed by atoms with E-state index in [1.807, 2.05) is 0 Å². The zero-order valence-corrected chi connectivity index (χ0v) is 9.64. The van der Waals surface area contributed by atoms with Gasteiger partial charge in [0.15, 0.2) is 0 Å². The van der Waals surface area contributed by atoms with E-state index in [0.717, 1.165) is 0 Å². The SMILES string of the molecule is Cc1nc(Nc2ccccc2F)ccc1C(=O)O. The fourth-order valence-electron chi connectivity index (χ4n) is 1.56. The first-order valence-electron chi connectivity index (χ1n) is 5.30. The van der Waals surface area contributed by atoms with Crippen LogP contribution in [0.5, 0.6) is 0 Å². The van der Waals surface area contributed by atoms with Gasteiger partial charge in [-0.1, -0.05) is 12.1 Å². The van der Waals surface area contributed by atoms with Crippen molar-refractivity contribution in [2.24, 2.45) is 0 Å². The molecular weight excluding hydrogens is 235 g/mol. The van der Waals surface area contributed by atoms with E-state index in [-0.39, 0.29) is 11.4 Å². The van der Waals surface area contributed by atoms with E-state index >= 15 is 0 Å². The lowest BCUT2D eigenvalue weighted by Gasteiger charge is -2.08. The largest absolute Gasteiger partial charge is 0.478 e. The van der Waals surface area contributed by atoms with Crippen LogP contribution in [-0.2, 0) is 0 Å². The summed E-state index contributed by atoms with van der Waals surface area (Å²) in [5.41, 5.74) is 0.811. The molecule has 0 saturated carbocycles. The minimum absolute atomic E-state index is 0.133. The van der Waals surface area contributed by atoms with Crippen LogP contribution in [0.1, 0.15) is 16.1 Å². The third-order valence-corrected chi connectivity index (χ3v) is 2.45. The van der Waals surface area contributed by atoms with Gasteiger partial charge in [0.2, 0.25) is 0 Å². The van der Waals surface area contributed by atoms with Crippen molar-refractivity contribution >= 4 is 17.5 Å². The second kappa shape index (κ2) is 4.83. The molecule has 0 spiro atoms. The number of hydrogen-bond donors (Lipinski definition) is 2. The van der Waals surface area contributed by atoms with Crippen molar-refractivity contribution in [3.63, 3.8) is 0 Å². The lowest BCUT2D eigenvalue weighted by atomic mass is 10.2. The number of nitrogens with one attached hydrogen (secondary N) is 1. The van der Waals surface area contributed by atoms with Gasteiger partial charge in [0.1, 0.15) is 11.6 Å². The average Bonchev–Trinajstić information content (AvgIpc) is 2.32. The first kappa shape index (κ1) is 12.0. The molecule has 0 amide bonds. The van der Waals surface area contributed by atoms with Crippen LogP contribution in [0.3, 0.4) is 0 Å². The van der Waals surface area contributed by atoms with Crippen LogP contribution in [0.15, 0.2) is 36.4 Å². The molecule has 0 aliphatic rings. The number of rotatable bonds is 3. The molecule has 0 aliphatic carbocycles. The van der Waals surface area contributed by atoms with Crippen molar-refractivity contribution in [2.75, 3.05) is 5.32 Å². The Hall–Kier alpha value is -2.43. The lowest BCUT2D eigenvalue weighted by molar-refractivity contribution is 0.0695. The molecule has 1 aromatic carbocycles. The number of nitrogens with zero attached hydrogens (tertiary/aromatic N) is 1. The summed E-state index contributed by atoms with van der Waals surface area (Å²) in [5.74, 6) is -1.01. The minimum atomic E-state index is -1.03. The topological polar surface area (TPSA) is 62.2 Å². The predicted octanol–water partition coefficient (Wildman–Crippen LogP) is 2.97. The molecule has 18 heavy (non-hydrogen) atoms. The Balaban J connectivity index is 2.29. The van der Waals surface area contributed by atoms with Gasteiger partial charge in [-0.25, -0.2) is 14.2 Å². The van der Waals surface area contributed by atoms with E-state index in [4.69, 9.17) is 5.11 Å². The molecule has 0 radical (unpaired) electrons. The zero-order valence-electron chi connectivity index (χ0n) is 9.64. The number of pyridine rings is 1. The Morgan fingerprint density at radius 1 is 1.28 bits per heavy atom. The normalized spacial score (nSPS) is 10.1. The summed E-state index contributed by atoms with van der Waals surface area (Å²) in [4.78, 5) is 14.9. The van der Waals surface area contributed by atoms with Crippen LogP contribution >= 0.6 is 0 Å². The zero-order chi connectivity index (χ0) is 13.1. The smallest absolute Gasteiger partial charge is 0.337 e. The standard InChI is InChI=1S/C13H11FN2O2/c1-8-9(13(17)18)6-7-12(15-8)16-11-5-3-2-4-10(11)14/h2-7H,1H3,(H,15,16)(H,17,18). The van der Waals surface area contributed by atoms with Gasteiger partial charge >= 0.3 is 5.97 Å². The highest BCUT2D eigenvalue weighted by Gasteiger charge is 2.09. The Labute approximate surface area is 103 Å². The van der Waals surface area contributed by atoms with Crippen LogP contribution in [-0.4, -0.2) is 16.1 Å². The number of hydrogen-bond acceptors (Lipinski definition) is 3. The Morgan fingerprint density at radius 2 is 2.00 bits per heavy atom. The van der Waals surface area contributed by atoms with E-state index in [0.29, 0.717) is 17.2 Å². The number of carboxylic acid groups (broad SMARTS) is 1. The minimum Gasteiger partial charge on any atom is -0.478 e. The second-order valence-electron chi connectivity index (χ2n) is 3.74. The summed E-state index contributed by atoms with van der Waals surface area (Å²) < 4.78 is 13.4. The van der Waals surface area contributed by atoms with Gasteiger partial charge in [-0.2, -0.15) is 0 Å². The summed E-state index contributed by atoms with van der Waals surface area (Å²) in [5, 5.41) is 11.7. The number of halogens is 1. The maximum atomic E-state index is 13.4. The van der Waals surface area contributed by atoms with Crippen molar-refractivity contribution in [3.05, 3.63) is 53.5 Å². The monoisotopic (exact) mass is 246 g/mol.